The molecule has 19 heavy (non-hydrogen) atoms. The van der Waals surface area contributed by atoms with E-state index in [0.717, 1.165) is 4.47 Å². The summed E-state index contributed by atoms with van der Waals surface area (Å²) in [6.45, 7) is 11.3. The van der Waals surface area contributed by atoms with Gasteiger partial charge in [-0.1, -0.05) is 36.7 Å². The predicted molar refractivity (Wildman–Crippen MR) is 88.9 cm³/mol. The lowest BCUT2D eigenvalue weighted by Crippen LogP contribution is -2.40. The maximum Gasteiger partial charge on any atom is 0.0415 e. The van der Waals surface area contributed by atoms with Crippen molar-refractivity contribution in [1.29, 1.82) is 0 Å². The average Bonchev–Trinajstić information content (AvgIpc) is 2.34. The Morgan fingerprint density at radius 3 is 2.26 bits per heavy atom. The molecule has 0 aliphatic carbocycles. The normalized spacial score (nSPS) is 15.2. The molecular weight excluding hydrogens is 300 g/mol. The van der Waals surface area contributed by atoms with Crippen molar-refractivity contribution in [3.8, 4) is 0 Å². The number of rotatable bonds is 4. The topological polar surface area (TPSA) is 15.3 Å². The molecule has 1 N–H and O–H groups in total. The van der Waals surface area contributed by atoms with Crippen molar-refractivity contribution in [1.82, 2.24) is 5.32 Å². The Labute approximate surface area is 126 Å². The van der Waals surface area contributed by atoms with Gasteiger partial charge >= 0.3 is 0 Å². The van der Waals surface area contributed by atoms with Crippen LogP contribution in [0.1, 0.15) is 46.2 Å². The van der Waals surface area contributed by atoms with E-state index in [1.54, 1.807) is 0 Å². The first-order valence-electron chi connectivity index (χ1n) is 6.88. The van der Waals surface area contributed by atoms with E-state index in [1.807, 2.05) is 7.05 Å². The van der Waals surface area contributed by atoms with Gasteiger partial charge in [-0.3, -0.25) is 0 Å². The summed E-state index contributed by atoms with van der Waals surface area (Å²) in [5.74, 6) is 0. The quantitative estimate of drug-likeness (QED) is 0.869. The highest BCUT2D eigenvalue weighted by molar-refractivity contribution is 9.10. The fourth-order valence-corrected chi connectivity index (χ4v) is 2.52. The molecule has 1 aromatic rings. The Morgan fingerprint density at radius 1 is 1.21 bits per heavy atom. The molecule has 0 heterocycles. The summed E-state index contributed by atoms with van der Waals surface area (Å²) in [4.78, 5) is 2.38. The molecule has 0 spiro atoms. The van der Waals surface area contributed by atoms with Gasteiger partial charge in [0.2, 0.25) is 0 Å². The van der Waals surface area contributed by atoms with E-state index in [0.29, 0.717) is 12.1 Å². The van der Waals surface area contributed by atoms with Gasteiger partial charge < -0.3 is 10.2 Å². The number of halogens is 1. The maximum atomic E-state index is 3.57. The largest absolute Gasteiger partial charge is 0.371 e. The highest BCUT2D eigenvalue weighted by atomic mass is 79.9. The van der Waals surface area contributed by atoms with Crippen molar-refractivity contribution in [2.45, 2.75) is 46.7 Å². The summed E-state index contributed by atoms with van der Waals surface area (Å²) in [5.41, 5.74) is 2.88. The second-order valence-corrected chi connectivity index (χ2v) is 7.28. The molecular formula is C16H27BrN2. The predicted octanol–water partition coefficient (Wildman–Crippen LogP) is 4.60. The van der Waals surface area contributed by atoms with Crippen molar-refractivity contribution in [2.75, 3.05) is 19.0 Å². The van der Waals surface area contributed by atoms with Crippen LogP contribution < -0.4 is 10.2 Å². The summed E-state index contributed by atoms with van der Waals surface area (Å²) >= 11 is 3.57. The van der Waals surface area contributed by atoms with E-state index in [-0.39, 0.29) is 5.41 Å². The lowest BCUT2D eigenvalue weighted by atomic mass is 9.86. The molecule has 0 saturated carbocycles. The first kappa shape index (κ1) is 16.5. The van der Waals surface area contributed by atoms with E-state index >= 15 is 0 Å². The first-order chi connectivity index (χ1) is 8.68. The lowest BCUT2D eigenvalue weighted by molar-refractivity contribution is 0.329. The van der Waals surface area contributed by atoms with Crippen LogP contribution in [0.15, 0.2) is 22.7 Å². The summed E-state index contributed by atoms with van der Waals surface area (Å²) in [6.07, 6.45) is 0. The molecule has 1 aromatic carbocycles. The molecule has 2 atom stereocenters. The van der Waals surface area contributed by atoms with Gasteiger partial charge in [-0.05, 0) is 50.1 Å². The summed E-state index contributed by atoms with van der Waals surface area (Å²) < 4.78 is 1.13. The first-order valence-corrected chi connectivity index (χ1v) is 7.67. The van der Waals surface area contributed by atoms with Crippen LogP contribution in [-0.2, 0) is 0 Å². The SMILES string of the molecule is CNC(C)c1cc(Br)ccc1N(C)C(C)C(C)(C)C. The van der Waals surface area contributed by atoms with Crippen LogP contribution in [0, 0.1) is 5.41 Å². The van der Waals surface area contributed by atoms with Gasteiger partial charge in [0.1, 0.15) is 0 Å². The number of nitrogens with zero attached hydrogens (tertiary/aromatic N) is 1. The van der Waals surface area contributed by atoms with Crippen LogP contribution in [0.2, 0.25) is 0 Å². The van der Waals surface area contributed by atoms with Crippen LogP contribution in [-0.4, -0.2) is 20.1 Å². The fourth-order valence-electron chi connectivity index (χ4n) is 2.14. The van der Waals surface area contributed by atoms with Crippen LogP contribution in [0.25, 0.3) is 0 Å². The molecule has 2 unspecified atom stereocenters. The molecule has 2 nitrogen and oxygen atoms in total. The number of nitrogens with one attached hydrogen (secondary N) is 1. The summed E-state index contributed by atoms with van der Waals surface area (Å²) in [6, 6.07) is 7.34. The third-order valence-corrected chi connectivity index (χ3v) is 4.60. The highest BCUT2D eigenvalue weighted by Gasteiger charge is 2.26. The third-order valence-electron chi connectivity index (χ3n) is 4.10. The molecule has 108 valence electrons. The second-order valence-electron chi connectivity index (χ2n) is 6.37. The van der Waals surface area contributed by atoms with Crippen molar-refractivity contribution in [3.63, 3.8) is 0 Å². The van der Waals surface area contributed by atoms with E-state index in [2.05, 4.69) is 86.0 Å². The van der Waals surface area contributed by atoms with Crippen molar-refractivity contribution >= 4 is 21.6 Å². The fraction of sp³-hybridized carbons (Fsp3) is 0.625. The monoisotopic (exact) mass is 326 g/mol. The third kappa shape index (κ3) is 3.96. The number of benzene rings is 1. The van der Waals surface area contributed by atoms with Gasteiger partial charge in [-0.15, -0.1) is 0 Å². The zero-order valence-corrected chi connectivity index (χ0v) is 14.8. The van der Waals surface area contributed by atoms with Gasteiger partial charge in [0.25, 0.3) is 0 Å². The Morgan fingerprint density at radius 2 is 1.79 bits per heavy atom. The molecule has 0 amide bonds. The minimum atomic E-state index is 0.252. The van der Waals surface area contributed by atoms with Gasteiger partial charge in [-0.2, -0.15) is 0 Å². The maximum absolute atomic E-state index is 3.57. The van der Waals surface area contributed by atoms with Crippen molar-refractivity contribution < 1.29 is 0 Å². The molecule has 0 aliphatic heterocycles. The van der Waals surface area contributed by atoms with E-state index in [4.69, 9.17) is 0 Å². The number of hydrogen-bond donors (Lipinski definition) is 1. The lowest BCUT2D eigenvalue weighted by Gasteiger charge is -2.38. The molecule has 1 rings (SSSR count). The van der Waals surface area contributed by atoms with Gasteiger partial charge in [-0.25, -0.2) is 0 Å². The number of hydrogen-bond acceptors (Lipinski definition) is 2. The van der Waals surface area contributed by atoms with E-state index < -0.39 is 0 Å². The smallest absolute Gasteiger partial charge is 0.0415 e. The molecule has 0 aliphatic rings. The zero-order valence-electron chi connectivity index (χ0n) is 13.2. The van der Waals surface area contributed by atoms with Gasteiger partial charge in [0.05, 0.1) is 0 Å². The molecule has 3 heteroatoms. The molecule has 0 fully saturated rings. The van der Waals surface area contributed by atoms with E-state index in [9.17, 15) is 0 Å². The summed E-state index contributed by atoms with van der Waals surface area (Å²) in [7, 11) is 4.19. The minimum Gasteiger partial charge on any atom is -0.371 e. The van der Waals surface area contributed by atoms with Gasteiger partial charge in [0.15, 0.2) is 0 Å². The molecule has 0 aromatic heterocycles. The molecule has 0 bridgehead atoms. The van der Waals surface area contributed by atoms with E-state index in [1.165, 1.54) is 11.3 Å². The van der Waals surface area contributed by atoms with Crippen LogP contribution in [0.4, 0.5) is 5.69 Å². The Hall–Kier alpha value is -0.540. The average molecular weight is 327 g/mol. The van der Waals surface area contributed by atoms with Crippen LogP contribution >= 0.6 is 15.9 Å². The Kier molecular flexibility index (Phi) is 5.45. The van der Waals surface area contributed by atoms with Crippen molar-refractivity contribution in [2.24, 2.45) is 5.41 Å². The van der Waals surface area contributed by atoms with Crippen LogP contribution in [0.3, 0.4) is 0 Å². The minimum absolute atomic E-state index is 0.252. The number of anilines is 1. The zero-order chi connectivity index (χ0) is 14.8. The second kappa shape index (κ2) is 6.27. The Bertz CT molecular complexity index is 423. The van der Waals surface area contributed by atoms with Crippen molar-refractivity contribution in [3.05, 3.63) is 28.2 Å². The van der Waals surface area contributed by atoms with Gasteiger partial charge in [0, 0.05) is 29.3 Å². The van der Waals surface area contributed by atoms with Crippen LogP contribution in [0.5, 0.6) is 0 Å². The standard InChI is InChI=1S/C16H27BrN2/c1-11(18-6)14-10-13(17)8-9-15(14)19(7)12(2)16(3,4)5/h8-12,18H,1-7H3. The molecule has 0 radical (unpaired) electrons. The Balaban J connectivity index is 3.19. The molecule has 0 saturated heterocycles. The summed E-state index contributed by atoms with van der Waals surface area (Å²) in [5, 5.41) is 3.33. The highest BCUT2D eigenvalue weighted by Crippen LogP contribution is 2.33.